The highest BCUT2D eigenvalue weighted by Crippen LogP contribution is 2.16. The molecule has 18 heavy (non-hydrogen) atoms. The molecule has 1 atom stereocenters. The van der Waals surface area contributed by atoms with Crippen LogP contribution >= 0.6 is 0 Å². The summed E-state index contributed by atoms with van der Waals surface area (Å²) in [5.41, 5.74) is 2.63. The lowest BCUT2D eigenvalue weighted by atomic mass is 10.1. The molecule has 0 bridgehead atoms. The highest BCUT2D eigenvalue weighted by atomic mass is 19.2. The molecule has 1 aromatic heterocycles. The molecule has 0 saturated heterocycles. The van der Waals surface area contributed by atoms with Gasteiger partial charge < -0.3 is 10.3 Å². The van der Waals surface area contributed by atoms with Gasteiger partial charge in [-0.15, -0.1) is 0 Å². The molecule has 0 spiro atoms. The number of aromatic amines is 1. The molecule has 2 rings (SSSR count). The van der Waals surface area contributed by atoms with Crippen molar-refractivity contribution in [3.63, 3.8) is 0 Å². The number of aromatic nitrogens is 2. The molecule has 0 aliphatic heterocycles. The Hall–Kier alpha value is -1.75. The van der Waals surface area contributed by atoms with Crippen LogP contribution < -0.4 is 5.32 Å². The fraction of sp³-hybridized carbons (Fsp3) is 0.308. The number of nitrogens with zero attached hydrogens (tertiary/aromatic N) is 1. The Morgan fingerprint density at radius 2 is 2.11 bits per heavy atom. The quantitative estimate of drug-likeness (QED) is 0.877. The standard InChI is InChI=1S/C13H15F2N3/c1-8(10-3-4-11(14)12(15)5-10)16-6-13-9(2)17-7-18-13/h3-5,7-8,16H,6H2,1-2H3,(H,17,18). The van der Waals surface area contributed by atoms with Gasteiger partial charge in [-0.1, -0.05) is 6.07 Å². The van der Waals surface area contributed by atoms with Gasteiger partial charge >= 0.3 is 0 Å². The second-order valence-corrected chi connectivity index (χ2v) is 4.25. The van der Waals surface area contributed by atoms with Crippen molar-refractivity contribution < 1.29 is 8.78 Å². The summed E-state index contributed by atoms with van der Waals surface area (Å²) in [6.45, 7) is 4.41. The predicted octanol–water partition coefficient (Wildman–Crippen LogP) is 2.85. The maximum Gasteiger partial charge on any atom is 0.159 e. The van der Waals surface area contributed by atoms with E-state index in [9.17, 15) is 8.78 Å². The van der Waals surface area contributed by atoms with Gasteiger partial charge in [0.1, 0.15) is 0 Å². The second-order valence-electron chi connectivity index (χ2n) is 4.25. The number of benzene rings is 1. The zero-order chi connectivity index (χ0) is 13.1. The van der Waals surface area contributed by atoms with Gasteiger partial charge in [-0.05, 0) is 31.5 Å². The van der Waals surface area contributed by atoms with Crippen molar-refractivity contribution in [2.24, 2.45) is 0 Å². The van der Waals surface area contributed by atoms with E-state index in [1.807, 2.05) is 13.8 Å². The van der Waals surface area contributed by atoms with E-state index in [4.69, 9.17) is 0 Å². The summed E-state index contributed by atoms with van der Waals surface area (Å²) in [5.74, 6) is -1.65. The van der Waals surface area contributed by atoms with E-state index in [0.717, 1.165) is 17.5 Å². The SMILES string of the molecule is Cc1[nH]cnc1CNC(C)c1ccc(F)c(F)c1. The summed E-state index contributed by atoms with van der Waals surface area (Å²) >= 11 is 0. The molecule has 0 saturated carbocycles. The Morgan fingerprint density at radius 1 is 1.33 bits per heavy atom. The van der Waals surface area contributed by atoms with Gasteiger partial charge in [-0.2, -0.15) is 0 Å². The number of rotatable bonds is 4. The Kier molecular flexibility index (Phi) is 3.72. The second kappa shape index (κ2) is 5.27. The minimum atomic E-state index is -0.825. The van der Waals surface area contributed by atoms with Crippen molar-refractivity contribution >= 4 is 0 Å². The average Bonchev–Trinajstić information content (AvgIpc) is 2.75. The Morgan fingerprint density at radius 3 is 2.72 bits per heavy atom. The summed E-state index contributed by atoms with van der Waals surface area (Å²) in [7, 11) is 0. The molecule has 2 aromatic rings. The van der Waals surface area contributed by atoms with Gasteiger partial charge in [0.15, 0.2) is 11.6 Å². The fourth-order valence-electron chi connectivity index (χ4n) is 1.71. The minimum Gasteiger partial charge on any atom is -0.348 e. The number of H-pyrrole nitrogens is 1. The first-order valence-electron chi connectivity index (χ1n) is 5.75. The van der Waals surface area contributed by atoms with E-state index in [-0.39, 0.29) is 6.04 Å². The van der Waals surface area contributed by atoms with Crippen molar-refractivity contribution in [2.45, 2.75) is 26.4 Å². The molecule has 5 heteroatoms. The zero-order valence-electron chi connectivity index (χ0n) is 10.3. The largest absolute Gasteiger partial charge is 0.348 e. The maximum atomic E-state index is 13.1. The molecule has 1 heterocycles. The van der Waals surface area contributed by atoms with Crippen LogP contribution in [0.2, 0.25) is 0 Å². The molecule has 0 radical (unpaired) electrons. The third kappa shape index (κ3) is 2.73. The lowest BCUT2D eigenvalue weighted by Crippen LogP contribution is -2.19. The van der Waals surface area contributed by atoms with Crippen LogP contribution in [0.3, 0.4) is 0 Å². The lowest BCUT2D eigenvalue weighted by Gasteiger charge is -2.14. The topological polar surface area (TPSA) is 40.7 Å². The Bertz CT molecular complexity index is 537. The van der Waals surface area contributed by atoms with Crippen LogP contribution in [0.1, 0.15) is 29.9 Å². The Balaban J connectivity index is 2.01. The number of aryl methyl sites for hydroxylation is 1. The third-order valence-electron chi connectivity index (χ3n) is 2.95. The molecule has 2 N–H and O–H groups in total. The monoisotopic (exact) mass is 251 g/mol. The van der Waals surface area contributed by atoms with E-state index >= 15 is 0 Å². The normalized spacial score (nSPS) is 12.7. The predicted molar refractivity (Wildman–Crippen MR) is 64.9 cm³/mol. The van der Waals surface area contributed by atoms with Gasteiger partial charge in [0.05, 0.1) is 12.0 Å². The highest BCUT2D eigenvalue weighted by molar-refractivity contribution is 5.21. The van der Waals surface area contributed by atoms with Gasteiger partial charge in [-0.3, -0.25) is 0 Å². The first-order chi connectivity index (χ1) is 8.58. The van der Waals surface area contributed by atoms with E-state index in [1.165, 1.54) is 6.07 Å². The molecule has 0 aliphatic carbocycles. The molecule has 3 nitrogen and oxygen atoms in total. The summed E-state index contributed by atoms with van der Waals surface area (Å²) in [6.07, 6.45) is 1.63. The van der Waals surface area contributed by atoms with Gasteiger partial charge in [0.2, 0.25) is 0 Å². The van der Waals surface area contributed by atoms with Crippen LogP contribution in [0, 0.1) is 18.6 Å². The van der Waals surface area contributed by atoms with Gasteiger partial charge in [0, 0.05) is 18.3 Å². The van der Waals surface area contributed by atoms with E-state index in [0.29, 0.717) is 12.1 Å². The van der Waals surface area contributed by atoms with Crippen molar-refractivity contribution in [3.8, 4) is 0 Å². The number of hydrogen-bond donors (Lipinski definition) is 2. The average molecular weight is 251 g/mol. The number of hydrogen-bond acceptors (Lipinski definition) is 2. The van der Waals surface area contributed by atoms with Crippen molar-refractivity contribution in [2.75, 3.05) is 0 Å². The highest BCUT2D eigenvalue weighted by Gasteiger charge is 2.10. The maximum absolute atomic E-state index is 13.1. The molecule has 0 aliphatic rings. The molecule has 0 amide bonds. The third-order valence-corrected chi connectivity index (χ3v) is 2.95. The summed E-state index contributed by atoms with van der Waals surface area (Å²) in [6, 6.07) is 3.86. The van der Waals surface area contributed by atoms with E-state index in [2.05, 4.69) is 15.3 Å². The molecule has 0 fully saturated rings. The minimum absolute atomic E-state index is 0.0730. The molecule has 1 unspecified atom stereocenters. The summed E-state index contributed by atoms with van der Waals surface area (Å²) in [4.78, 5) is 7.15. The molecule has 1 aromatic carbocycles. The van der Waals surface area contributed by atoms with Gasteiger partial charge in [0.25, 0.3) is 0 Å². The first kappa shape index (κ1) is 12.7. The van der Waals surface area contributed by atoms with E-state index in [1.54, 1.807) is 12.4 Å². The van der Waals surface area contributed by atoms with Crippen molar-refractivity contribution in [3.05, 3.63) is 53.1 Å². The molecule has 96 valence electrons. The first-order valence-corrected chi connectivity index (χ1v) is 5.75. The van der Waals surface area contributed by atoms with Crippen LogP contribution in [0.25, 0.3) is 0 Å². The number of imidazole rings is 1. The zero-order valence-corrected chi connectivity index (χ0v) is 10.3. The Labute approximate surface area is 104 Å². The van der Waals surface area contributed by atoms with Crippen LogP contribution in [0.15, 0.2) is 24.5 Å². The number of nitrogens with one attached hydrogen (secondary N) is 2. The van der Waals surface area contributed by atoms with Crippen LogP contribution in [0.5, 0.6) is 0 Å². The summed E-state index contributed by atoms with van der Waals surface area (Å²) in [5, 5.41) is 3.22. The van der Waals surface area contributed by atoms with Crippen molar-refractivity contribution in [1.29, 1.82) is 0 Å². The fourth-order valence-corrected chi connectivity index (χ4v) is 1.71. The molecular weight excluding hydrogens is 236 g/mol. The van der Waals surface area contributed by atoms with Gasteiger partial charge in [-0.25, -0.2) is 13.8 Å². The smallest absolute Gasteiger partial charge is 0.159 e. The van der Waals surface area contributed by atoms with E-state index < -0.39 is 11.6 Å². The number of halogens is 2. The van der Waals surface area contributed by atoms with Crippen LogP contribution in [-0.2, 0) is 6.54 Å². The van der Waals surface area contributed by atoms with Crippen molar-refractivity contribution in [1.82, 2.24) is 15.3 Å². The summed E-state index contributed by atoms with van der Waals surface area (Å²) < 4.78 is 25.9. The lowest BCUT2D eigenvalue weighted by molar-refractivity contribution is 0.500. The molecular formula is C13H15F2N3. The van der Waals surface area contributed by atoms with Crippen LogP contribution in [-0.4, -0.2) is 9.97 Å². The van der Waals surface area contributed by atoms with Crippen LogP contribution in [0.4, 0.5) is 8.78 Å².